The predicted molar refractivity (Wildman–Crippen MR) is 202 cm³/mol. The topological polar surface area (TPSA) is 88.2 Å². The molecule has 2 atom stereocenters. The summed E-state index contributed by atoms with van der Waals surface area (Å²) in [4.78, 5) is 44.7. The minimum atomic E-state index is -0.779. The first-order valence-electron chi connectivity index (χ1n) is 17.4. The van der Waals surface area contributed by atoms with Crippen LogP contribution in [-0.4, -0.2) is 38.0 Å². The van der Waals surface area contributed by atoms with Gasteiger partial charge in [-0.15, -0.1) is 0 Å². The van der Waals surface area contributed by atoms with Crippen LogP contribution in [0.5, 0.6) is 11.5 Å². The van der Waals surface area contributed by atoms with Gasteiger partial charge in [0.15, 0.2) is 11.5 Å². The first-order valence-corrected chi connectivity index (χ1v) is 17.7. The maximum atomic E-state index is 14.3. The third-order valence-corrected chi connectivity index (χ3v) is 10.4. The molecule has 5 aromatic rings. The summed E-state index contributed by atoms with van der Waals surface area (Å²) in [6, 6.07) is 36.4. The lowest BCUT2D eigenvalue weighted by atomic mass is 9.76. The number of methoxy groups -OCH3 is 1. The number of benzene rings is 5. The Morgan fingerprint density at radius 1 is 0.769 bits per heavy atom. The summed E-state index contributed by atoms with van der Waals surface area (Å²) < 4.78 is 11.6. The van der Waals surface area contributed by atoms with Crippen LogP contribution in [-0.2, 0) is 16.2 Å². The number of carbonyl (C=O) groups is 3. The standard InChI is InChI=1S/C43H36ClN3O5/c1-51-39-23-28(14-17-38(39)52-26-27-12-15-31(44)16-13-27)22-37-41(48)45-43(50)47(42(37)49)32-24-35-33(29-8-4-2-5-9-29)18-20-46-21-19-34(36(25-32)40(35)46)30-10-6-3-7-11-30/h2-17,22-25,33-34H,18-21,26H2,1H3,(H,45,48,50)/b37-22+/t33-,34-/m1/s1. The highest BCUT2D eigenvalue weighted by molar-refractivity contribution is 6.39. The van der Waals surface area contributed by atoms with Crippen molar-refractivity contribution in [1.29, 1.82) is 0 Å². The Morgan fingerprint density at radius 2 is 1.38 bits per heavy atom. The summed E-state index contributed by atoms with van der Waals surface area (Å²) in [5, 5.41) is 3.06. The molecule has 0 saturated carbocycles. The van der Waals surface area contributed by atoms with Gasteiger partial charge in [0.25, 0.3) is 11.8 Å². The summed E-state index contributed by atoms with van der Waals surface area (Å²) in [6.45, 7) is 2.13. The van der Waals surface area contributed by atoms with Crippen LogP contribution in [0, 0.1) is 0 Å². The number of imide groups is 2. The SMILES string of the molecule is COc1cc(/C=C2\C(=O)NC(=O)N(c3cc4c5c(c3)[C@@H](c3ccccc3)CCN5CC[C@@H]4c3ccccc3)C2=O)ccc1OCc1ccc(Cl)cc1. The van der Waals surface area contributed by atoms with Crippen molar-refractivity contribution < 1.29 is 23.9 Å². The van der Waals surface area contributed by atoms with Crippen LogP contribution in [0.15, 0.2) is 121 Å². The normalized spacial score (nSPS) is 19.0. The number of hydrogen-bond acceptors (Lipinski definition) is 6. The Hall–Kier alpha value is -5.86. The van der Waals surface area contributed by atoms with Gasteiger partial charge >= 0.3 is 6.03 Å². The largest absolute Gasteiger partial charge is 0.493 e. The average molecular weight is 710 g/mol. The van der Waals surface area contributed by atoms with Gasteiger partial charge in [-0.3, -0.25) is 14.9 Å². The quantitative estimate of drug-likeness (QED) is 0.129. The van der Waals surface area contributed by atoms with Gasteiger partial charge in [-0.1, -0.05) is 90.5 Å². The maximum absolute atomic E-state index is 14.3. The van der Waals surface area contributed by atoms with Crippen molar-refractivity contribution in [3.63, 3.8) is 0 Å². The molecule has 52 heavy (non-hydrogen) atoms. The lowest BCUT2D eigenvalue weighted by Crippen LogP contribution is -2.54. The van der Waals surface area contributed by atoms with Crippen molar-refractivity contribution in [2.24, 2.45) is 0 Å². The number of nitrogens with zero attached hydrogens (tertiary/aromatic N) is 2. The Labute approximate surface area is 307 Å². The summed E-state index contributed by atoms with van der Waals surface area (Å²) >= 11 is 6.01. The average Bonchev–Trinajstić information content (AvgIpc) is 3.17. The molecule has 260 valence electrons. The van der Waals surface area contributed by atoms with E-state index in [1.165, 1.54) is 30.0 Å². The molecule has 8 nitrogen and oxygen atoms in total. The van der Waals surface area contributed by atoms with E-state index in [2.05, 4.69) is 34.5 Å². The van der Waals surface area contributed by atoms with Gasteiger partial charge in [-0.05, 0) is 88.7 Å². The monoisotopic (exact) mass is 709 g/mol. The number of anilines is 2. The van der Waals surface area contributed by atoms with E-state index in [1.54, 1.807) is 30.3 Å². The van der Waals surface area contributed by atoms with Crippen molar-refractivity contribution in [3.05, 3.63) is 159 Å². The molecule has 8 rings (SSSR count). The molecule has 5 aromatic carbocycles. The molecule has 1 N–H and O–H groups in total. The molecular formula is C43H36ClN3O5. The van der Waals surface area contributed by atoms with Crippen molar-refractivity contribution in [3.8, 4) is 11.5 Å². The van der Waals surface area contributed by atoms with Crippen LogP contribution in [0.25, 0.3) is 6.08 Å². The number of urea groups is 1. The molecule has 3 aliphatic rings. The van der Waals surface area contributed by atoms with Crippen molar-refractivity contribution in [2.75, 3.05) is 30.0 Å². The van der Waals surface area contributed by atoms with Gasteiger partial charge < -0.3 is 14.4 Å². The number of nitrogens with one attached hydrogen (secondary N) is 1. The van der Waals surface area contributed by atoms with E-state index in [1.807, 2.05) is 60.7 Å². The maximum Gasteiger partial charge on any atom is 0.335 e. The molecule has 0 aliphatic carbocycles. The third-order valence-electron chi connectivity index (χ3n) is 10.2. The molecule has 0 unspecified atom stereocenters. The summed E-state index contributed by atoms with van der Waals surface area (Å²) in [5.41, 5.74) is 7.43. The van der Waals surface area contributed by atoms with Crippen molar-refractivity contribution in [1.82, 2.24) is 5.32 Å². The fourth-order valence-corrected chi connectivity index (χ4v) is 7.79. The van der Waals surface area contributed by atoms with Crippen LogP contribution < -0.4 is 24.6 Å². The molecule has 1 fully saturated rings. The predicted octanol–water partition coefficient (Wildman–Crippen LogP) is 8.47. The highest BCUT2D eigenvalue weighted by Crippen LogP contribution is 2.50. The molecule has 0 spiro atoms. The fraction of sp³-hybridized carbons (Fsp3) is 0.186. The van der Waals surface area contributed by atoms with E-state index in [0.29, 0.717) is 34.4 Å². The van der Waals surface area contributed by atoms with Crippen molar-refractivity contribution >= 4 is 46.9 Å². The van der Waals surface area contributed by atoms with Gasteiger partial charge in [-0.25, -0.2) is 9.69 Å². The lowest BCUT2D eigenvalue weighted by molar-refractivity contribution is -0.122. The Morgan fingerprint density at radius 3 is 1.98 bits per heavy atom. The Balaban J connectivity index is 1.17. The number of ether oxygens (including phenoxy) is 2. The second-order valence-electron chi connectivity index (χ2n) is 13.2. The minimum absolute atomic E-state index is 0.0770. The highest BCUT2D eigenvalue weighted by Gasteiger charge is 2.40. The summed E-state index contributed by atoms with van der Waals surface area (Å²) in [7, 11) is 1.52. The molecule has 0 aromatic heterocycles. The van der Waals surface area contributed by atoms with Crippen LogP contribution in [0.2, 0.25) is 5.02 Å². The molecular weight excluding hydrogens is 674 g/mol. The van der Waals surface area contributed by atoms with Crippen LogP contribution in [0.1, 0.15) is 58.1 Å². The molecule has 1 saturated heterocycles. The molecule has 9 heteroatoms. The second-order valence-corrected chi connectivity index (χ2v) is 13.7. The van der Waals surface area contributed by atoms with Crippen LogP contribution >= 0.6 is 11.6 Å². The van der Waals surface area contributed by atoms with Gasteiger partial charge in [0.2, 0.25) is 0 Å². The molecule has 3 heterocycles. The van der Waals surface area contributed by atoms with Crippen LogP contribution in [0.3, 0.4) is 0 Å². The Kier molecular flexibility index (Phi) is 8.99. The number of carbonyl (C=O) groups excluding carboxylic acids is 3. The van der Waals surface area contributed by atoms with E-state index in [0.717, 1.165) is 47.5 Å². The third kappa shape index (κ3) is 6.31. The summed E-state index contributed by atoms with van der Waals surface area (Å²) in [6.07, 6.45) is 3.29. The minimum Gasteiger partial charge on any atom is -0.493 e. The van der Waals surface area contributed by atoms with E-state index >= 15 is 0 Å². The van der Waals surface area contributed by atoms with Gasteiger partial charge in [0.1, 0.15) is 12.2 Å². The molecule has 0 radical (unpaired) electrons. The number of barbiturate groups is 1. The zero-order chi connectivity index (χ0) is 35.8. The van der Waals surface area contributed by atoms with E-state index in [-0.39, 0.29) is 17.4 Å². The number of hydrogen-bond donors (Lipinski definition) is 1. The molecule has 4 amide bonds. The van der Waals surface area contributed by atoms with Gasteiger partial charge in [-0.2, -0.15) is 0 Å². The van der Waals surface area contributed by atoms with Gasteiger partial charge in [0, 0.05) is 35.6 Å². The van der Waals surface area contributed by atoms with E-state index < -0.39 is 17.8 Å². The first kappa shape index (κ1) is 33.3. The number of halogens is 1. The smallest absolute Gasteiger partial charge is 0.335 e. The zero-order valence-corrected chi connectivity index (χ0v) is 29.3. The highest BCUT2D eigenvalue weighted by atomic mass is 35.5. The van der Waals surface area contributed by atoms with Gasteiger partial charge in [0.05, 0.1) is 12.8 Å². The second kappa shape index (κ2) is 14.0. The van der Waals surface area contributed by atoms with E-state index in [4.69, 9.17) is 21.1 Å². The zero-order valence-electron chi connectivity index (χ0n) is 28.6. The number of rotatable bonds is 8. The molecule has 0 bridgehead atoms. The fourth-order valence-electron chi connectivity index (χ4n) is 7.66. The molecule has 3 aliphatic heterocycles. The lowest BCUT2D eigenvalue weighted by Gasteiger charge is -2.44. The van der Waals surface area contributed by atoms with Crippen molar-refractivity contribution in [2.45, 2.75) is 31.3 Å². The number of amides is 4. The van der Waals surface area contributed by atoms with Crippen LogP contribution in [0.4, 0.5) is 16.2 Å². The van der Waals surface area contributed by atoms with E-state index in [9.17, 15) is 14.4 Å². The summed E-state index contributed by atoms with van der Waals surface area (Å²) in [5.74, 6) is -0.380. The Bertz CT molecular complexity index is 2130. The first-order chi connectivity index (χ1) is 25.4.